The molecule has 3 heteroatoms. The fraction of sp³-hybridized carbons (Fsp3) is 0.667. The standard InChI is InChI=1S/C18H30N2O/c1-12(19)11-16-7-6-10-20(16)15(4)17-8-9-18(21-5)14(3)13(17)2/h8-9,12,15-16H,6-7,10-11,19H2,1-5H3/t12?,15-,16?/m0/s1. The van der Waals surface area contributed by atoms with Crippen molar-refractivity contribution in [3.63, 3.8) is 0 Å². The van der Waals surface area contributed by atoms with E-state index in [0.717, 1.165) is 12.2 Å². The van der Waals surface area contributed by atoms with Crippen LogP contribution in [0.1, 0.15) is 55.8 Å². The molecule has 1 aliphatic heterocycles. The highest BCUT2D eigenvalue weighted by Crippen LogP contribution is 2.35. The van der Waals surface area contributed by atoms with E-state index in [1.54, 1.807) is 7.11 Å². The number of nitrogens with zero attached hydrogens (tertiary/aromatic N) is 1. The van der Waals surface area contributed by atoms with Crippen LogP contribution in [0, 0.1) is 13.8 Å². The molecule has 0 spiro atoms. The minimum atomic E-state index is 0.279. The topological polar surface area (TPSA) is 38.5 Å². The van der Waals surface area contributed by atoms with Gasteiger partial charge in [-0.1, -0.05) is 6.07 Å². The van der Waals surface area contributed by atoms with Crippen LogP contribution < -0.4 is 10.5 Å². The van der Waals surface area contributed by atoms with E-state index in [2.05, 4.69) is 44.7 Å². The summed E-state index contributed by atoms with van der Waals surface area (Å²) < 4.78 is 5.43. The van der Waals surface area contributed by atoms with Crippen LogP contribution in [0.15, 0.2) is 12.1 Å². The molecule has 21 heavy (non-hydrogen) atoms. The summed E-state index contributed by atoms with van der Waals surface area (Å²) >= 11 is 0. The summed E-state index contributed by atoms with van der Waals surface area (Å²) in [4.78, 5) is 2.64. The van der Waals surface area contributed by atoms with Gasteiger partial charge in [0.2, 0.25) is 0 Å². The van der Waals surface area contributed by atoms with Crippen LogP contribution >= 0.6 is 0 Å². The van der Waals surface area contributed by atoms with Crippen LogP contribution in [0.3, 0.4) is 0 Å². The van der Waals surface area contributed by atoms with Gasteiger partial charge in [0.25, 0.3) is 0 Å². The van der Waals surface area contributed by atoms with Crippen LogP contribution in [0.5, 0.6) is 5.75 Å². The Bertz CT molecular complexity index is 484. The van der Waals surface area contributed by atoms with E-state index in [1.165, 1.54) is 36.1 Å². The van der Waals surface area contributed by atoms with Crippen molar-refractivity contribution in [1.82, 2.24) is 4.90 Å². The SMILES string of the molecule is COc1ccc([C@H](C)N2CCCC2CC(C)N)c(C)c1C. The summed E-state index contributed by atoms with van der Waals surface area (Å²) in [5, 5.41) is 0. The Hall–Kier alpha value is -1.06. The first kappa shape index (κ1) is 16.3. The molecule has 3 atom stereocenters. The van der Waals surface area contributed by atoms with Crippen molar-refractivity contribution in [2.24, 2.45) is 5.73 Å². The molecule has 3 nitrogen and oxygen atoms in total. The molecule has 1 aromatic rings. The highest BCUT2D eigenvalue weighted by atomic mass is 16.5. The molecular formula is C18H30N2O. The zero-order valence-electron chi connectivity index (χ0n) is 14.1. The van der Waals surface area contributed by atoms with Crippen molar-refractivity contribution in [1.29, 1.82) is 0 Å². The van der Waals surface area contributed by atoms with Gasteiger partial charge >= 0.3 is 0 Å². The zero-order valence-corrected chi connectivity index (χ0v) is 14.1. The molecule has 0 aliphatic carbocycles. The van der Waals surface area contributed by atoms with E-state index >= 15 is 0 Å². The Morgan fingerprint density at radius 2 is 2.00 bits per heavy atom. The molecular weight excluding hydrogens is 260 g/mol. The van der Waals surface area contributed by atoms with Gasteiger partial charge in [0, 0.05) is 18.1 Å². The van der Waals surface area contributed by atoms with Crippen molar-refractivity contribution in [3.05, 3.63) is 28.8 Å². The van der Waals surface area contributed by atoms with E-state index in [0.29, 0.717) is 12.1 Å². The van der Waals surface area contributed by atoms with E-state index in [4.69, 9.17) is 10.5 Å². The van der Waals surface area contributed by atoms with E-state index in [-0.39, 0.29) is 6.04 Å². The van der Waals surface area contributed by atoms with Crippen LogP contribution in [0.25, 0.3) is 0 Å². The second-order valence-corrected chi connectivity index (χ2v) is 6.53. The summed E-state index contributed by atoms with van der Waals surface area (Å²) in [6.07, 6.45) is 3.66. The van der Waals surface area contributed by atoms with Gasteiger partial charge < -0.3 is 10.5 Å². The quantitative estimate of drug-likeness (QED) is 0.901. The monoisotopic (exact) mass is 290 g/mol. The summed E-state index contributed by atoms with van der Waals surface area (Å²) in [6.45, 7) is 9.98. The van der Waals surface area contributed by atoms with Crippen LogP contribution in [-0.4, -0.2) is 30.6 Å². The van der Waals surface area contributed by atoms with Crippen LogP contribution in [0.4, 0.5) is 0 Å². The predicted octanol–water partition coefficient (Wildman–Crippen LogP) is 3.57. The van der Waals surface area contributed by atoms with E-state index in [9.17, 15) is 0 Å². The second-order valence-electron chi connectivity index (χ2n) is 6.53. The molecule has 2 unspecified atom stereocenters. The lowest BCUT2D eigenvalue weighted by Gasteiger charge is -2.33. The van der Waals surface area contributed by atoms with Gasteiger partial charge in [-0.05, 0) is 76.3 Å². The van der Waals surface area contributed by atoms with Crippen molar-refractivity contribution >= 4 is 0 Å². The number of rotatable bonds is 5. The number of likely N-dealkylation sites (tertiary alicyclic amines) is 1. The van der Waals surface area contributed by atoms with Gasteiger partial charge in [0.1, 0.15) is 5.75 Å². The Morgan fingerprint density at radius 1 is 1.29 bits per heavy atom. The maximum Gasteiger partial charge on any atom is 0.122 e. The zero-order chi connectivity index (χ0) is 15.6. The third-order valence-corrected chi connectivity index (χ3v) is 5.01. The molecule has 118 valence electrons. The smallest absolute Gasteiger partial charge is 0.122 e. The van der Waals surface area contributed by atoms with Crippen molar-refractivity contribution < 1.29 is 4.74 Å². The molecule has 1 aromatic carbocycles. The highest BCUT2D eigenvalue weighted by Gasteiger charge is 2.30. The molecule has 0 radical (unpaired) electrons. The molecule has 0 bridgehead atoms. The van der Waals surface area contributed by atoms with E-state index < -0.39 is 0 Å². The van der Waals surface area contributed by atoms with Gasteiger partial charge in [-0.2, -0.15) is 0 Å². The van der Waals surface area contributed by atoms with Gasteiger partial charge in [-0.15, -0.1) is 0 Å². The molecule has 2 rings (SSSR count). The molecule has 1 saturated heterocycles. The van der Waals surface area contributed by atoms with Gasteiger partial charge in [0.05, 0.1) is 7.11 Å². The van der Waals surface area contributed by atoms with Crippen LogP contribution in [-0.2, 0) is 0 Å². The van der Waals surface area contributed by atoms with Crippen LogP contribution in [0.2, 0.25) is 0 Å². The van der Waals surface area contributed by atoms with Gasteiger partial charge in [0.15, 0.2) is 0 Å². The molecule has 0 aromatic heterocycles. The maximum atomic E-state index is 6.02. The molecule has 0 amide bonds. The van der Waals surface area contributed by atoms with Crippen molar-refractivity contribution in [2.75, 3.05) is 13.7 Å². The first-order chi connectivity index (χ1) is 9.95. The van der Waals surface area contributed by atoms with Crippen molar-refractivity contribution in [3.8, 4) is 5.75 Å². The normalized spacial score (nSPS) is 22.3. The Morgan fingerprint density at radius 3 is 2.62 bits per heavy atom. The molecule has 1 fully saturated rings. The second kappa shape index (κ2) is 6.80. The van der Waals surface area contributed by atoms with Crippen molar-refractivity contribution in [2.45, 2.75) is 65.1 Å². The summed E-state index contributed by atoms with van der Waals surface area (Å²) in [6, 6.07) is 5.68. The van der Waals surface area contributed by atoms with Gasteiger partial charge in [-0.3, -0.25) is 4.90 Å². The summed E-state index contributed by atoms with van der Waals surface area (Å²) in [7, 11) is 1.74. The Balaban J connectivity index is 2.23. The molecule has 0 saturated carbocycles. The highest BCUT2D eigenvalue weighted by molar-refractivity contribution is 5.44. The number of ether oxygens (including phenoxy) is 1. The predicted molar refractivity (Wildman–Crippen MR) is 88.9 cm³/mol. The molecule has 1 heterocycles. The number of hydrogen-bond donors (Lipinski definition) is 1. The molecule has 1 aliphatic rings. The fourth-order valence-corrected chi connectivity index (χ4v) is 3.72. The minimum Gasteiger partial charge on any atom is -0.496 e. The lowest BCUT2D eigenvalue weighted by molar-refractivity contribution is 0.179. The Labute approximate surface area is 129 Å². The average molecular weight is 290 g/mol. The Kier molecular flexibility index (Phi) is 5.28. The van der Waals surface area contributed by atoms with E-state index in [1.807, 2.05) is 0 Å². The lowest BCUT2D eigenvalue weighted by atomic mass is 9.95. The summed E-state index contributed by atoms with van der Waals surface area (Å²) in [5.74, 6) is 0.983. The third kappa shape index (κ3) is 3.41. The lowest BCUT2D eigenvalue weighted by Crippen LogP contribution is -2.36. The molecule has 2 N–H and O–H groups in total. The minimum absolute atomic E-state index is 0.279. The van der Waals surface area contributed by atoms with Gasteiger partial charge in [-0.25, -0.2) is 0 Å². The number of nitrogens with two attached hydrogens (primary N) is 1. The fourth-order valence-electron chi connectivity index (χ4n) is 3.72. The number of benzene rings is 1. The number of methoxy groups -OCH3 is 1. The summed E-state index contributed by atoms with van der Waals surface area (Å²) in [5.41, 5.74) is 10.1. The largest absolute Gasteiger partial charge is 0.496 e. The third-order valence-electron chi connectivity index (χ3n) is 5.01. The number of hydrogen-bond acceptors (Lipinski definition) is 3. The first-order valence-electron chi connectivity index (χ1n) is 8.11. The average Bonchev–Trinajstić information content (AvgIpc) is 2.88. The maximum absolute atomic E-state index is 6.02. The first-order valence-corrected chi connectivity index (χ1v) is 8.11.